The molecule has 0 radical (unpaired) electrons. The largest absolute Gasteiger partial charge is 0.466 e. The van der Waals surface area contributed by atoms with Crippen molar-refractivity contribution in [1.82, 2.24) is 5.32 Å². The molecule has 3 N–H and O–H groups in total. The van der Waals surface area contributed by atoms with Gasteiger partial charge in [-0.15, -0.1) is 0 Å². The lowest BCUT2D eigenvalue weighted by atomic mass is 10.0. The maximum absolute atomic E-state index is 12.4. The molecule has 0 spiro atoms. The summed E-state index contributed by atoms with van der Waals surface area (Å²) in [6.45, 7) is 4.93. The van der Waals surface area contributed by atoms with Crippen molar-refractivity contribution in [2.24, 2.45) is 0 Å². The van der Waals surface area contributed by atoms with E-state index in [0.717, 1.165) is 57.8 Å². The lowest BCUT2D eigenvalue weighted by molar-refractivity contribution is -0.143. The third-order valence-electron chi connectivity index (χ3n) is 12.4. The lowest BCUT2D eigenvalue weighted by Crippen LogP contribution is -2.45. The molecule has 2 unspecified atom stereocenters. The molecule has 1 amide bonds. The number of rotatable bonds is 49. The molecule has 0 saturated heterocycles. The molecule has 0 rings (SSSR count). The number of aliphatic hydroxyl groups is 2. The van der Waals surface area contributed by atoms with Crippen LogP contribution in [0.15, 0.2) is 0 Å². The summed E-state index contributed by atoms with van der Waals surface area (Å²) in [5, 5.41) is 23.2. The number of hydrogen-bond acceptors (Lipinski definition) is 5. The van der Waals surface area contributed by atoms with Crippen LogP contribution in [0.5, 0.6) is 0 Å². The summed E-state index contributed by atoms with van der Waals surface area (Å²) in [6, 6.07) is -0.553. The van der Waals surface area contributed by atoms with Gasteiger partial charge in [0.25, 0.3) is 0 Å². The van der Waals surface area contributed by atoms with Gasteiger partial charge in [-0.2, -0.15) is 0 Å². The van der Waals surface area contributed by atoms with Gasteiger partial charge in [-0.3, -0.25) is 9.59 Å². The van der Waals surface area contributed by atoms with Gasteiger partial charge in [-0.05, 0) is 25.7 Å². The van der Waals surface area contributed by atoms with Gasteiger partial charge in [0.15, 0.2) is 0 Å². The first kappa shape index (κ1) is 56.9. The van der Waals surface area contributed by atoms with E-state index in [4.69, 9.17) is 4.74 Å². The summed E-state index contributed by atoms with van der Waals surface area (Å²) in [5.41, 5.74) is 0. The SMILES string of the molecule is CCCCCCCCCCCCCCCCCCC(=O)OCCCCCCCCCCCCCC(=O)NC(CO)C(O)CCCCCCCCCCCCCCCC. The summed E-state index contributed by atoms with van der Waals surface area (Å²) in [5.74, 6) is -0.0612. The molecule has 0 bridgehead atoms. The number of amides is 1. The van der Waals surface area contributed by atoms with E-state index in [1.54, 1.807) is 0 Å². The molecule has 2 atom stereocenters. The van der Waals surface area contributed by atoms with Crippen molar-refractivity contribution in [3.05, 3.63) is 0 Å². The molecule has 0 fully saturated rings. The minimum Gasteiger partial charge on any atom is -0.466 e. The van der Waals surface area contributed by atoms with Crippen LogP contribution in [0.3, 0.4) is 0 Å². The van der Waals surface area contributed by atoms with Crippen molar-refractivity contribution in [2.75, 3.05) is 13.2 Å². The first-order valence-corrected chi connectivity index (χ1v) is 26.3. The molecule has 0 aliphatic rings. The van der Waals surface area contributed by atoms with E-state index in [2.05, 4.69) is 19.2 Å². The lowest BCUT2D eigenvalue weighted by Gasteiger charge is -2.22. The number of carbonyl (C=O) groups is 2. The number of hydrogen-bond donors (Lipinski definition) is 3. The van der Waals surface area contributed by atoms with E-state index in [1.165, 1.54) is 205 Å². The van der Waals surface area contributed by atoms with Crippen molar-refractivity contribution in [2.45, 2.75) is 309 Å². The fraction of sp³-hybridized carbons (Fsp3) is 0.962. The highest BCUT2D eigenvalue weighted by Crippen LogP contribution is 2.17. The predicted molar refractivity (Wildman–Crippen MR) is 250 cm³/mol. The average molecular weight is 822 g/mol. The van der Waals surface area contributed by atoms with Crippen LogP contribution in [0.1, 0.15) is 296 Å². The Labute approximate surface area is 362 Å². The van der Waals surface area contributed by atoms with Crippen molar-refractivity contribution < 1.29 is 24.5 Å². The third-order valence-corrected chi connectivity index (χ3v) is 12.4. The second-order valence-corrected chi connectivity index (χ2v) is 18.2. The molecule has 346 valence electrons. The Balaban J connectivity index is 3.44. The monoisotopic (exact) mass is 822 g/mol. The molecule has 0 saturated carbocycles. The van der Waals surface area contributed by atoms with Crippen molar-refractivity contribution >= 4 is 11.9 Å². The Morgan fingerprint density at radius 1 is 0.414 bits per heavy atom. The fourth-order valence-corrected chi connectivity index (χ4v) is 8.35. The summed E-state index contributed by atoms with van der Waals surface area (Å²) in [4.78, 5) is 24.5. The molecule has 0 heterocycles. The maximum atomic E-state index is 12.4. The van der Waals surface area contributed by atoms with Crippen LogP contribution >= 0.6 is 0 Å². The maximum Gasteiger partial charge on any atom is 0.305 e. The Bertz CT molecular complexity index is 822. The molecule has 6 heteroatoms. The second kappa shape index (κ2) is 48.5. The van der Waals surface area contributed by atoms with E-state index in [9.17, 15) is 19.8 Å². The van der Waals surface area contributed by atoms with Crippen LogP contribution in [-0.2, 0) is 14.3 Å². The quantitative estimate of drug-likeness (QED) is 0.0420. The molecule has 6 nitrogen and oxygen atoms in total. The van der Waals surface area contributed by atoms with Gasteiger partial charge in [0.1, 0.15) is 0 Å². The van der Waals surface area contributed by atoms with Crippen LogP contribution in [0.4, 0.5) is 0 Å². The highest BCUT2D eigenvalue weighted by molar-refractivity contribution is 5.76. The highest BCUT2D eigenvalue weighted by atomic mass is 16.5. The number of ether oxygens (including phenoxy) is 1. The van der Waals surface area contributed by atoms with Gasteiger partial charge >= 0.3 is 5.97 Å². The minimum absolute atomic E-state index is 0.00952. The Morgan fingerprint density at radius 2 is 0.707 bits per heavy atom. The fourth-order valence-electron chi connectivity index (χ4n) is 8.35. The Hall–Kier alpha value is -1.14. The summed E-state index contributed by atoms with van der Waals surface area (Å²) >= 11 is 0. The van der Waals surface area contributed by atoms with Gasteiger partial charge in [0, 0.05) is 12.8 Å². The molecule has 0 aliphatic carbocycles. The third kappa shape index (κ3) is 44.4. The molecular formula is C52H103NO5. The predicted octanol–water partition coefficient (Wildman–Crippen LogP) is 15.6. The molecule has 0 aliphatic heterocycles. The van der Waals surface area contributed by atoms with Crippen molar-refractivity contribution in [1.29, 1.82) is 0 Å². The highest BCUT2D eigenvalue weighted by Gasteiger charge is 2.20. The van der Waals surface area contributed by atoms with Gasteiger partial charge in [0.05, 0.1) is 25.4 Å². The van der Waals surface area contributed by atoms with Gasteiger partial charge < -0.3 is 20.3 Å². The molecule has 0 aromatic heterocycles. The smallest absolute Gasteiger partial charge is 0.305 e. The standard InChI is InChI=1S/C52H103NO5/c1-3-5-7-9-11-13-15-17-19-20-22-26-30-34-38-42-46-52(57)58-47-43-39-35-31-27-23-25-29-33-37-41-45-51(56)53-49(48-54)50(55)44-40-36-32-28-24-21-18-16-14-12-10-8-6-4-2/h49-50,54-55H,3-48H2,1-2H3,(H,53,56). The van der Waals surface area contributed by atoms with E-state index >= 15 is 0 Å². The Kier molecular flexibility index (Phi) is 47.6. The van der Waals surface area contributed by atoms with Gasteiger partial charge in [0.2, 0.25) is 5.91 Å². The van der Waals surface area contributed by atoms with Gasteiger partial charge in [-0.25, -0.2) is 0 Å². The second-order valence-electron chi connectivity index (χ2n) is 18.2. The van der Waals surface area contributed by atoms with Crippen LogP contribution in [-0.4, -0.2) is 47.4 Å². The average Bonchev–Trinajstić information content (AvgIpc) is 3.22. The van der Waals surface area contributed by atoms with Crippen LogP contribution < -0.4 is 5.32 Å². The van der Waals surface area contributed by atoms with Crippen molar-refractivity contribution in [3.8, 4) is 0 Å². The van der Waals surface area contributed by atoms with E-state index in [-0.39, 0.29) is 18.5 Å². The summed E-state index contributed by atoms with van der Waals surface area (Å²) < 4.78 is 5.47. The zero-order chi connectivity index (χ0) is 42.3. The molecule has 58 heavy (non-hydrogen) atoms. The number of esters is 1. The topological polar surface area (TPSA) is 95.9 Å². The van der Waals surface area contributed by atoms with Crippen LogP contribution in [0.2, 0.25) is 0 Å². The number of carbonyl (C=O) groups excluding carboxylic acids is 2. The van der Waals surface area contributed by atoms with Crippen molar-refractivity contribution in [3.63, 3.8) is 0 Å². The number of nitrogens with one attached hydrogen (secondary N) is 1. The van der Waals surface area contributed by atoms with E-state index < -0.39 is 12.1 Å². The molecular weight excluding hydrogens is 719 g/mol. The van der Waals surface area contributed by atoms with Gasteiger partial charge in [-0.1, -0.05) is 258 Å². The summed E-state index contributed by atoms with van der Waals surface area (Å²) in [6.07, 6.45) is 53.5. The van der Waals surface area contributed by atoms with E-state index in [1.807, 2.05) is 0 Å². The van der Waals surface area contributed by atoms with E-state index in [0.29, 0.717) is 25.9 Å². The first-order chi connectivity index (χ1) is 28.5. The number of unbranched alkanes of at least 4 members (excludes halogenated alkanes) is 38. The zero-order valence-corrected chi connectivity index (χ0v) is 39.3. The minimum atomic E-state index is -0.674. The van der Waals surface area contributed by atoms with Crippen LogP contribution in [0, 0.1) is 0 Å². The Morgan fingerprint density at radius 3 is 1.05 bits per heavy atom. The number of aliphatic hydroxyl groups excluding tert-OH is 2. The van der Waals surface area contributed by atoms with Crippen LogP contribution in [0.25, 0.3) is 0 Å². The normalized spacial score (nSPS) is 12.6. The summed E-state index contributed by atoms with van der Waals surface area (Å²) in [7, 11) is 0. The molecule has 0 aromatic carbocycles. The first-order valence-electron chi connectivity index (χ1n) is 26.3. The molecule has 0 aromatic rings. The zero-order valence-electron chi connectivity index (χ0n) is 39.3.